The quantitative estimate of drug-likeness (QED) is 0.734. The summed E-state index contributed by atoms with van der Waals surface area (Å²) in [4.78, 5) is 12.2. The second kappa shape index (κ2) is 3.87. The van der Waals surface area contributed by atoms with E-state index in [4.69, 9.17) is 0 Å². The number of hydrogen-bond donors (Lipinski definition) is 2. The first kappa shape index (κ1) is 11.3. The Balaban J connectivity index is 2.01. The highest BCUT2D eigenvalue weighted by atomic mass is 16.1. The predicted octanol–water partition coefficient (Wildman–Crippen LogP) is 3.17. The van der Waals surface area contributed by atoms with Crippen LogP contribution in [0.2, 0.25) is 0 Å². The maximum absolute atomic E-state index is 12.2. The normalized spacial score (nSPS) is 21.3. The molecule has 1 heterocycles. The number of hydrogen-bond acceptors (Lipinski definition) is 3. The molecule has 2 aliphatic rings. The lowest BCUT2D eigenvalue weighted by molar-refractivity contribution is -0.118. The minimum Gasteiger partial charge on any atom is -0.379 e. The van der Waals surface area contributed by atoms with E-state index in [2.05, 4.69) is 24.5 Å². The lowest BCUT2D eigenvalue weighted by atomic mass is 9.76. The zero-order valence-electron chi connectivity index (χ0n) is 10.8. The van der Waals surface area contributed by atoms with Crippen LogP contribution in [0, 0.1) is 5.41 Å². The molecule has 3 heteroatoms. The van der Waals surface area contributed by atoms with E-state index in [0.717, 1.165) is 29.1 Å². The monoisotopic (exact) mass is 242 g/mol. The number of ketones is 1. The Morgan fingerprint density at radius 2 is 1.83 bits per heavy atom. The summed E-state index contributed by atoms with van der Waals surface area (Å²) >= 11 is 0. The summed E-state index contributed by atoms with van der Waals surface area (Å²) in [5.74, 6) is 0.272. The van der Waals surface area contributed by atoms with Gasteiger partial charge in [0.25, 0.3) is 0 Å². The van der Waals surface area contributed by atoms with Crippen LogP contribution in [0.3, 0.4) is 0 Å². The molecule has 3 nitrogen and oxygen atoms in total. The molecular weight excluding hydrogens is 224 g/mol. The summed E-state index contributed by atoms with van der Waals surface area (Å²) < 4.78 is 0. The van der Waals surface area contributed by atoms with Gasteiger partial charge in [-0.1, -0.05) is 26.0 Å². The number of benzene rings is 1. The fourth-order valence-corrected chi connectivity index (χ4v) is 2.77. The zero-order chi connectivity index (χ0) is 12.8. The highest BCUT2D eigenvalue weighted by molar-refractivity contribution is 5.99. The molecule has 0 saturated heterocycles. The van der Waals surface area contributed by atoms with E-state index >= 15 is 0 Å². The number of fused-ring (bicyclic) bond motifs is 1. The lowest BCUT2D eigenvalue weighted by Crippen LogP contribution is -2.29. The minimum atomic E-state index is 0.0577. The standard InChI is InChI=1S/C15H18N2O/c1-15(2)7-13-10(14(18)8-15)9-16-11-5-3-4-6-12(11)17-13/h3-6,16-17H,7-9H2,1-2H3. The molecule has 0 atom stereocenters. The third kappa shape index (κ3) is 1.90. The van der Waals surface area contributed by atoms with Crippen molar-refractivity contribution in [3.63, 3.8) is 0 Å². The fourth-order valence-electron chi connectivity index (χ4n) is 2.77. The second-order valence-electron chi connectivity index (χ2n) is 5.92. The summed E-state index contributed by atoms with van der Waals surface area (Å²) in [5.41, 5.74) is 4.20. The molecule has 0 unspecified atom stereocenters. The molecule has 0 amide bonds. The Hall–Kier alpha value is -1.77. The Morgan fingerprint density at radius 1 is 1.11 bits per heavy atom. The number of allylic oxidation sites excluding steroid dienone is 1. The Labute approximate surface area is 107 Å². The number of Topliss-reactive ketones (excluding diaryl/α,β-unsaturated/α-hetero) is 1. The first-order valence-electron chi connectivity index (χ1n) is 6.40. The molecule has 0 fully saturated rings. The van der Waals surface area contributed by atoms with Crippen LogP contribution in [0.15, 0.2) is 35.5 Å². The number of nitrogens with one attached hydrogen (secondary N) is 2. The van der Waals surface area contributed by atoms with Crippen molar-refractivity contribution in [1.82, 2.24) is 0 Å². The van der Waals surface area contributed by atoms with Crippen LogP contribution in [0.25, 0.3) is 0 Å². The molecule has 0 saturated carbocycles. The van der Waals surface area contributed by atoms with E-state index in [1.54, 1.807) is 0 Å². The minimum absolute atomic E-state index is 0.0577. The van der Waals surface area contributed by atoms with E-state index in [-0.39, 0.29) is 11.2 Å². The van der Waals surface area contributed by atoms with Crippen molar-refractivity contribution in [3.05, 3.63) is 35.5 Å². The summed E-state index contributed by atoms with van der Waals surface area (Å²) in [5, 5.41) is 6.78. The molecule has 0 radical (unpaired) electrons. The van der Waals surface area contributed by atoms with Crippen LogP contribution in [-0.2, 0) is 4.79 Å². The molecule has 2 N–H and O–H groups in total. The van der Waals surface area contributed by atoms with Crippen molar-refractivity contribution in [2.45, 2.75) is 26.7 Å². The topological polar surface area (TPSA) is 41.1 Å². The Bertz CT molecular complexity index is 543. The average molecular weight is 242 g/mol. The van der Waals surface area contributed by atoms with Gasteiger partial charge in [-0.15, -0.1) is 0 Å². The first-order chi connectivity index (χ1) is 8.55. The molecule has 1 aromatic rings. The van der Waals surface area contributed by atoms with Crippen molar-refractivity contribution in [3.8, 4) is 0 Å². The molecule has 0 bridgehead atoms. The van der Waals surface area contributed by atoms with E-state index in [1.807, 2.05) is 24.3 Å². The molecule has 1 aliphatic heterocycles. The molecule has 1 aliphatic carbocycles. The average Bonchev–Trinajstić information content (AvgIpc) is 2.46. The van der Waals surface area contributed by atoms with Crippen LogP contribution in [0.1, 0.15) is 26.7 Å². The molecule has 94 valence electrons. The van der Waals surface area contributed by atoms with Crippen LogP contribution in [0.5, 0.6) is 0 Å². The summed E-state index contributed by atoms with van der Waals surface area (Å²) in [7, 11) is 0. The fraction of sp³-hybridized carbons (Fsp3) is 0.400. The van der Waals surface area contributed by atoms with Gasteiger partial charge in [0.05, 0.1) is 11.4 Å². The SMILES string of the molecule is CC1(C)CC(=O)C2=C(C1)Nc1ccccc1NC2. The van der Waals surface area contributed by atoms with Gasteiger partial charge in [-0.05, 0) is 24.0 Å². The smallest absolute Gasteiger partial charge is 0.162 e. The van der Waals surface area contributed by atoms with Gasteiger partial charge in [0.15, 0.2) is 5.78 Å². The highest BCUT2D eigenvalue weighted by Crippen LogP contribution is 2.39. The second-order valence-corrected chi connectivity index (χ2v) is 5.92. The number of carbonyl (C=O) groups excluding carboxylic acids is 1. The van der Waals surface area contributed by atoms with Crippen molar-refractivity contribution < 1.29 is 4.79 Å². The van der Waals surface area contributed by atoms with Gasteiger partial charge in [-0.2, -0.15) is 0 Å². The van der Waals surface area contributed by atoms with Crippen molar-refractivity contribution >= 4 is 17.2 Å². The molecular formula is C15H18N2O. The third-order valence-corrected chi connectivity index (χ3v) is 3.66. The van der Waals surface area contributed by atoms with Crippen molar-refractivity contribution in [2.75, 3.05) is 17.2 Å². The zero-order valence-corrected chi connectivity index (χ0v) is 10.8. The predicted molar refractivity (Wildman–Crippen MR) is 73.6 cm³/mol. The number of para-hydroxylation sites is 2. The molecule has 18 heavy (non-hydrogen) atoms. The van der Waals surface area contributed by atoms with Crippen molar-refractivity contribution in [1.29, 1.82) is 0 Å². The van der Waals surface area contributed by atoms with Crippen LogP contribution in [-0.4, -0.2) is 12.3 Å². The van der Waals surface area contributed by atoms with Gasteiger partial charge < -0.3 is 10.6 Å². The Kier molecular flexibility index (Phi) is 2.44. The summed E-state index contributed by atoms with van der Waals surface area (Å²) in [6.45, 7) is 4.94. The van der Waals surface area contributed by atoms with Gasteiger partial charge >= 0.3 is 0 Å². The summed E-state index contributed by atoms with van der Waals surface area (Å²) in [6.07, 6.45) is 1.58. The van der Waals surface area contributed by atoms with E-state index in [0.29, 0.717) is 13.0 Å². The van der Waals surface area contributed by atoms with Gasteiger partial charge in [-0.3, -0.25) is 4.79 Å². The van der Waals surface area contributed by atoms with Crippen LogP contribution >= 0.6 is 0 Å². The van der Waals surface area contributed by atoms with Gasteiger partial charge in [0, 0.05) is 24.2 Å². The van der Waals surface area contributed by atoms with Gasteiger partial charge in [0.2, 0.25) is 0 Å². The van der Waals surface area contributed by atoms with E-state index in [1.165, 1.54) is 0 Å². The van der Waals surface area contributed by atoms with Crippen LogP contribution < -0.4 is 10.6 Å². The maximum atomic E-state index is 12.2. The molecule has 0 spiro atoms. The van der Waals surface area contributed by atoms with Gasteiger partial charge in [-0.25, -0.2) is 0 Å². The summed E-state index contributed by atoms with van der Waals surface area (Å²) in [6, 6.07) is 8.10. The lowest BCUT2D eigenvalue weighted by Gasteiger charge is -2.31. The third-order valence-electron chi connectivity index (χ3n) is 3.66. The molecule has 0 aromatic heterocycles. The Morgan fingerprint density at radius 3 is 2.61 bits per heavy atom. The number of anilines is 2. The largest absolute Gasteiger partial charge is 0.379 e. The first-order valence-corrected chi connectivity index (χ1v) is 6.40. The highest BCUT2D eigenvalue weighted by Gasteiger charge is 2.33. The molecule has 3 rings (SSSR count). The maximum Gasteiger partial charge on any atom is 0.162 e. The number of rotatable bonds is 0. The van der Waals surface area contributed by atoms with Crippen LogP contribution in [0.4, 0.5) is 11.4 Å². The van der Waals surface area contributed by atoms with Gasteiger partial charge in [0.1, 0.15) is 0 Å². The van der Waals surface area contributed by atoms with E-state index in [9.17, 15) is 4.79 Å². The van der Waals surface area contributed by atoms with E-state index < -0.39 is 0 Å². The van der Waals surface area contributed by atoms with Crippen molar-refractivity contribution in [2.24, 2.45) is 5.41 Å². The molecule has 1 aromatic carbocycles. The number of carbonyl (C=O) groups is 1.